The van der Waals surface area contributed by atoms with Crippen molar-refractivity contribution in [3.63, 3.8) is 0 Å². The first kappa shape index (κ1) is 19.5. The zero-order valence-corrected chi connectivity index (χ0v) is 14.4. The summed E-state index contributed by atoms with van der Waals surface area (Å²) in [5.41, 5.74) is -1.06. The van der Waals surface area contributed by atoms with E-state index in [4.69, 9.17) is 9.47 Å². The number of alkyl carbamates (subject to hydrolysis) is 1. The smallest absolute Gasteiger partial charge is 0.410 e. The average molecular weight is 302 g/mol. The Morgan fingerprint density at radius 3 is 1.90 bits per heavy atom. The molecular weight excluding hydrogens is 272 g/mol. The first-order valence-corrected chi connectivity index (χ1v) is 7.39. The fraction of sp³-hybridized carbons (Fsp3) is 0.867. The predicted octanol–water partition coefficient (Wildman–Crippen LogP) is 3.16. The largest absolute Gasteiger partial charge is 0.444 e. The van der Waals surface area contributed by atoms with Crippen LogP contribution >= 0.6 is 0 Å². The van der Waals surface area contributed by atoms with E-state index in [-0.39, 0.29) is 6.09 Å². The molecule has 0 heterocycles. The highest BCUT2D eigenvalue weighted by Crippen LogP contribution is 2.10. The lowest BCUT2D eigenvalue weighted by molar-refractivity contribution is 0.0240. The van der Waals surface area contributed by atoms with Crippen molar-refractivity contribution in [2.45, 2.75) is 66.1 Å². The Morgan fingerprint density at radius 2 is 1.48 bits per heavy atom. The van der Waals surface area contributed by atoms with Gasteiger partial charge in [0.05, 0.1) is 0 Å². The second-order valence-corrected chi connectivity index (χ2v) is 6.90. The lowest BCUT2D eigenvalue weighted by Gasteiger charge is -2.27. The number of hydrogen-bond donors (Lipinski definition) is 1. The third-order valence-electron chi connectivity index (χ3n) is 2.20. The Labute approximate surface area is 128 Å². The summed E-state index contributed by atoms with van der Waals surface area (Å²) in [6.45, 7) is 14.2. The van der Waals surface area contributed by atoms with Crippen molar-refractivity contribution in [2.75, 3.05) is 19.6 Å². The summed E-state index contributed by atoms with van der Waals surface area (Å²) in [6, 6.07) is 0. The fourth-order valence-electron chi connectivity index (χ4n) is 1.50. The minimum Gasteiger partial charge on any atom is -0.444 e. The van der Waals surface area contributed by atoms with Gasteiger partial charge in [0.25, 0.3) is 0 Å². The summed E-state index contributed by atoms with van der Waals surface area (Å²) in [5, 5.41) is 2.64. The monoisotopic (exact) mass is 302 g/mol. The van der Waals surface area contributed by atoms with Gasteiger partial charge in [0, 0.05) is 19.6 Å². The topological polar surface area (TPSA) is 67.9 Å². The molecule has 0 aromatic heterocycles. The van der Waals surface area contributed by atoms with E-state index in [1.165, 1.54) is 0 Å². The summed E-state index contributed by atoms with van der Waals surface area (Å²) in [4.78, 5) is 25.1. The first-order valence-electron chi connectivity index (χ1n) is 7.39. The van der Waals surface area contributed by atoms with Crippen molar-refractivity contribution in [3.8, 4) is 0 Å². The van der Waals surface area contributed by atoms with Gasteiger partial charge in [0.1, 0.15) is 11.2 Å². The van der Waals surface area contributed by atoms with Gasteiger partial charge in [-0.15, -0.1) is 0 Å². The van der Waals surface area contributed by atoms with Gasteiger partial charge >= 0.3 is 12.2 Å². The van der Waals surface area contributed by atoms with Crippen molar-refractivity contribution < 1.29 is 19.1 Å². The molecular formula is C15H30N2O4. The van der Waals surface area contributed by atoms with Crippen molar-refractivity contribution in [1.82, 2.24) is 10.2 Å². The molecule has 0 unspecified atom stereocenters. The SMILES string of the molecule is CCCN(CCNC(=O)OC(C)(C)C)C(=O)OC(C)(C)C. The van der Waals surface area contributed by atoms with Gasteiger partial charge in [0.15, 0.2) is 0 Å². The van der Waals surface area contributed by atoms with Crippen molar-refractivity contribution in [1.29, 1.82) is 0 Å². The summed E-state index contributed by atoms with van der Waals surface area (Å²) in [5.74, 6) is 0. The highest BCUT2D eigenvalue weighted by Gasteiger charge is 2.22. The minimum absolute atomic E-state index is 0.328. The highest BCUT2D eigenvalue weighted by molar-refractivity contribution is 5.69. The number of nitrogens with one attached hydrogen (secondary N) is 1. The number of amides is 2. The van der Waals surface area contributed by atoms with Gasteiger partial charge in [0.2, 0.25) is 0 Å². The summed E-state index contributed by atoms with van der Waals surface area (Å²) in [6.07, 6.45) is -0.0236. The number of ether oxygens (including phenoxy) is 2. The molecule has 0 aromatic rings. The molecule has 0 spiro atoms. The third-order valence-corrected chi connectivity index (χ3v) is 2.20. The van der Waals surface area contributed by atoms with E-state index in [0.717, 1.165) is 6.42 Å². The molecule has 0 saturated heterocycles. The van der Waals surface area contributed by atoms with E-state index < -0.39 is 17.3 Å². The first-order chi connectivity index (χ1) is 9.44. The molecule has 0 aliphatic carbocycles. The number of carbonyl (C=O) groups is 2. The summed E-state index contributed by atoms with van der Waals surface area (Å²) >= 11 is 0. The molecule has 0 bridgehead atoms. The number of hydrogen-bond acceptors (Lipinski definition) is 4. The Hall–Kier alpha value is -1.46. The van der Waals surface area contributed by atoms with Crippen molar-refractivity contribution in [2.24, 2.45) is 0 Å². The normalized spacial score (nSPS) is 11.8. The minimum atomic E-state index is -0.529. The molecule has 0 saturated carbocycles. The molecule has 1 N–H and O–H groups in total. The Kier molecular flexibility index (Phi) is 7.53. The molecule has 0 fully saturated rings. The maximum atomic E-state index is 12.0. The summed E-state index contributed by atoms with van der Waals surface area (Å²) in [7, 11) is 0. The van der Waals surface area contributed by atoms with Crippen LogP contribution < -0.4 is 5.32 Å². The molecule has 0 rings (SSSR count). The molecule has 6 heteroatoms. The quantitative estimate of drug-likeness (QED) is 0.847. The molecule has 0 aliphatic rings. The Balaban J connectivity index is 4.28. The second kappa shape index (κ2) is 8.10. The highest BCUT2D eigenvalue weighted by atomic mass is 16.6. The van der Waals surface area contributed by atoms with Crippen LogP contribution in [0.1, 0.15) is 54.9 Å². The number of nitrogens with zero attached hydrogens (tertiary/aromatic N) is 1. The van der Waals surface area contributed by atoms with Crippen LogP contribution in [-0.4, -0.2) is 47.9 Å². The molecule has 2 amide bonds. The van der Waals surface area contributed by atoms with Crippen LogP contribution in [0.3, 0.4) is 0 Å². The van der Waals surface area contributed by atoms with E-state index >= 15 is 0 Å². The molecule has 21 heavy (non-hydrogen) atoms. The van der Waals surface area contributed by atoms with Crippen LogP contribution in [0.2, 0.25) is 0 Å². The van der Waals surface area contributed by atoms with Crippen LogP contribution in [0.4, 0.5) is 9.59 Å². The van der Waals surface area contributed by atoms with E-state index in [2.05, 4.69) is 5.32 Å². The van der Waals surface area contributed by atoms with Gasteiger partial charge in [-0.3, -0.25) is 0 Å². The molecule has 0 aromatic carbocycles. The van der Waals surface area contributed by atoms with E-state index in [0.29, 0.717) is 19.6 Å². The third kappa shape index (κ3) is 10.9. The predicted molar refractivity (Wildman–Crippen MR) is 82.3 cm³/mol. The van der Waals surface area contributed by atoms with E-state index in [1.54, 1.807) is 25.7 Å². The van der Waals surface area contributed by atoms with Gasteiger partial charge in [-0.05, 0) is 48.0 Å². The second-order valence-electron chi connectivity index (χ2n) is 6.90. The maximum Gasteiger partial charge on any atom is 0.410 e. The van der Waals surface area contributed by atoms with Crippen molar-refractivity contribution >= 4 is 12.2 Å². The lowest BCUT2D eigenvalue weighted by Crippen LogP contribution is -2.42. The molecule has 0 atom stereocenters. The standard InChI is InChI=1S/C15H30N2O4/c1-8-10-17(13(19)21-15(5,6)7)11-9-16-12(18)20-14(2,3)4/h8-11H2,1-7H3,(H,16,18). The van der Waals surface area contributed by atoms with Crippen LogP contribution in [0, 0.1) is 0 Å². The zero-order chi connectivity index (χ0) is 16.7. The maximum absolute atomic E-state index is 12.0. The Bertz CT molecular complexity index is 343. The van der Waals surface area contributed by atoms with Gasteiger partial charge in [-0.1, -0.05) is 6.92 Å². The van der Waals surface area contributed by atoms with Crippen LogP contribution in [-0.2, 0) is 9.47 Å². The fourth-order valence-corrected chi connectivity index (χ4v) is 1.50. The van der Waals surface area contributed by atoms with Gasteiger partial charge in [-0.25, -0.2) is 9.59 Å². The van der Waals surface area contributed by atoms with Crippen molar-refractivity contribution in [3.05, 3.63) is 0 Å². The zero-order valence-electron chi connectivity index (χ0n) is 14.4. The molecule has 6 nitrogen and oxygen atoms in total. The van der Waals surface area contributed by atoms with E-state index in [9.17, 15) is 9.59 Å². The molecule has 0 aliphatic heterocycles. The van der Waals surface area contributed by atoms with Gasteiger partial charge < -0.3 is 19.7 Å². The number of carbonyl (C=O) groups excluding carboxylic acids is 2. The summed E-state index contributed by atoms with van der Waals surface area (Å²) < 4.78 is 10.5. The molecule has 0 radical (unpaired) electrons. The molecule has 124 valence electrons. The van der Waals surface area contributed by atoms with E-state index in [1.807, 2.05) is 27.7 Å². The van der Waals surface area contributed by atoms with Crippen LogP contribution in [0.25, 0.3) is 0 Å². The van der Waals surface area contributed by atoms with Crippen LogP contribution in [0.5, 0.6) is 0 Å². The van der Waals surface area contributed by atoms with Gasteiger partial charge in [-0.2, -0.15) is 0 Å². The van der Waals surface area contributed by atoms with Crippen LogP contribution in [0.15, 0.2) is 0 Å². The number of rotatable bonds is 5. The average Bonchev–Trinajstić information content (AvgIpc) is 2.22. The Morgan fingerprint density at radius 1 is 0.952 bits per heavy atom. The lowest BCUT2D eigenvalue weighted by atomic mass is 10.2.